The van der Waals surface area contributed by atoms with Crippen LogP contribution < -0.4 is 15.7 Å². The van der Waals surface area contributed by atoms with Gasteiger partial charge in [-0.2, -0.15) is 17.9 Å². The summed E-state index contributed by atoms with van der Waals surface area (Å²) >= 11 is 0. The summed E-state index contributed by atoms with van der Waals surface area (Å²) in [6.45, 7) is 2.98. The SMILES string of the molecule is Cc1ccc2c(NC(=O)c3cc(F)c(-n4nc5n(c4=O)CCCC5)cc3OC(C)C(F)(F)F)cccc2n1. The van der Waals surface area contributed by atoms with Gasteiger partial charge in [-0.3, -0.25) is 14.3 Å². The fourth-order valence-electron chi connectivity index (χ4n) is 4.35. The van der Waals surface area contributed by atoms with Crippen molar-refractivity contribution in [1.82, 2.24) is 19.3 Å². The quantitative estimate of drug-likeness (QED) is 0.370. The van der Waals surface area contributed by atoms with Gasteiger partial charge in [0.15, 0.2) is 6.10 Å². The van der Waals surface area contributed by atoms with E-state index in [1.807, 2.05) is 6.92 Å². The highest BCUT2D eigenvalue weighted by Gasteiger charge is 2.39. The van der Waals surface area contributed by atoms with Crippen LogP contribution >= 0.6 is 0 Å². The fourth-order valence-corrected chi connectivity index (χ4v) is 4.35. The predicted octanol–water partition coefficient (Wildman–Crippen LogP) is 4.95. The second-order valence-corrected chi connectivity index (χ2v) is 9.10. The van der Waals surface area contributed by atoms with E-state index >= 15 is 4.39 Å². The molecule has 1 atom stereocenters. The number of hydrogen-bond acceptors (Lipinski definition) is 5. The minimum Gasteiger partial charge on any atom is -0.480 e. The molecule has 4 aromatic rings. The van der Waals surface area contributed by atoms with Crippen LogP contribution in [0.25, 0.3) is 16.6 Å². The molecule has 1 unspecified atom stereocenters. The highest BCUT2D eigenvalue weighted by Crippen LogP contribution is 2.32. The molecule has 2 aromatic carbocycles. The van der Waals surface area contributed by atoms with E-state index in [-0.39, 0.29) is 0 Å². The minimum atomic E-state index is -4.76. The van der Waals surface area contributed by atoms with Gasteiger partial charge in [0.05, 0.1) is 16.8 Å². The van der Waals surface area contributed by atoms with Crippen LogP contribution in [0.1, 0.15) is 41.6 Å². The first-order chi connectivity index (χ1) is 18.0. The number of carbonyl (C=O) groups is 1. The molecule has 3 heterocycles. The molecule has 198 valence electrons. The van der Waals surface area contributed by atoms with Gasteiger partial charge in [-0.25, -0.2) is 9.18 Å². The zero-order chi connectivity index (χ0) is 27.2. The van der Waals surface area contributed by atoms with Gasteiger partial charge in [-0.15, -0.1) is 5.10 Å². The van der Waals surface area contributed by atoms with E-state index in [4.69, 9.17) is 4.74 Å². The molecule has 1 aliphatic heterocycles. The van der Waals surface area contributed by atoms with Gasteiger partial charge >= 0.3 is 11.9 Å². The van der Waals surface area contributed by atoms with Crippen molar-refractivity contribution in [2.24, 2.45) is 0 Å². The number of ether oxygens (including phenoxy) is 1. The minimum absolute atomic E-state index is 0.331. The predicted molar refractivity (Wildman–Crippen MR) is 131 cm³/mol. The van der Waals surface area contributed by atoms with Gasteiger partial charge in [0.2, 0.25) is 0 Å². The van der Waals surface area contributed by atoms with E-state index in [1.54, 1.807) is 30.3 Å². The smallest absolute Gasteiger partial charge is 0.425 e. The first-order valence-electron chi connectivity index (χ1n) is 12.0. The normalized spacial score (nSPS) is 14.3. The van der Waals surface area contributed by atoms with E-state index < -0.39 is 46.7 Å². The number of anilines is 1. The van der Waals surface area contributed by atoms with Crippen LogP contribution in [0, 0.1) is 12.7 Å². The van der Waals surface area contributed by atoms with E-state index in [0.717, 1.165) is 42.3 Å². The Morgan fingerprint density at radius 2 is 1.95 bits per heavy atom. The molecule has 5 rings (SSSR count). The fraction of sp³-hybridized carbons (Fsp3) is 0.308. The van der Waals surface area contributed by atoms with Gasteiger partial charge in [0, 0.05) is 30.1 Å². The van der Waals surface area contributed by atoms with Gasteiger partial charge in [0.1, 0.15) is 23.1 Å². The zero-order valence-electron chi connectivity index (χ0n) is 20.5. The lowest BCUT2D eigenvalue weighted by atomic mass is 10.1. The molecule has 0 spiro atoms. The molecule has 0 saturated heterocycles. The van der Waals surface area contributed by atoms with Crippen molar-refractivity contribution in [2.75, 3.05) is 5.32 Å². The number of benzene rings is 2. The van der Waals surface area contributed by atoms with Gasteiger partial charge < -0.3 is 10.1 Å². The first kappa shape index (κ1) is 25.4. The Morgan fingerprint density at radius 3 is 2.68 bits per heavy atom. The standard InChI is InChI=1S/C26H23F4N5O3/c1-14-9-10-16-19(31-14)6-5-7-20(16)32-24(36)17-12-18(27)21(13-22(17)38-15(2)26(28,29)30)35-25(37)34-11-4-3-8-23(34)33-35/h5-7,9-10,12-13,15H,3-4,8,11H2,1-2H3,(H,32,36). The molecule has 0 saturated carbocycles. The van der Waals surface area contributed by atoms with E-state index in [1.165, 1.54) is 4.57 Å². The Bertz CT molecular complexity index is 1610. The summed E-state index contributed by atoms with van der Waals surface area (Å²) < 4.78 is 62.8. The van der Waals surface area contributed by atoms with Crippen molar-refractivity contribution < 1.29 is 27.1 Å². The number of aryl methyl sites for hydroxylation is 2. The summed E-state index contributed by atoms with van der Waals surface area (Å²) in [5.41, 5.74) is 0.168. The van der Waals surface area contributed by atoms with Crippen molar-refractivity contribution in [3.8, 4) is 11.4 Å². The van der Waals surface area contributed by atoms with Crippen molar-refractivity contribution in [3.63, 3.8) is 0 Å². The lowest BCUT2D eigenvalue weighted by Crippen LogP contribution is -2.32. The third-order valence-corrected chi connectivity index (χ3v) is 6.38. The Kier molecular flexibility index (Phi) is 6.41. The third-order valence-electron chi connectivity index (χ3n) is 6.38. The maximum atomic E-state index is 15.4. The molecule has 38 heavy (non-hydrogen) atoms. The number of pyridine rings is 1. The summed E-state index contributed by atoms with van der Waals surface area (Å²) in [5, 5.41) is 7.38. The van der Waals surface area contributed by atoms with Crippen LogP contribution in [0.3, 0.4) is 0 Å². The second-order valence-electron chi connectivity index (χ2n) is 9.10. The average Bonchev–Trinajstić information content (AvgIpc) is 3.20. The number of alkyl halides is 3. The molecule has 0 fully saturated rings. The molecule has 2 aromatic heterocycles. The molecule has 12 heteroatoms. The third kappa shape index (κ3) is 4.73. The maximum absolute atomic E-state index is 15.4. The number of carbonyl (C=O) groups excluding carboxylic acids is 1. The zero-order valence-corrected chi connectivity index (χ0v) is 20.5. The van der Waals surface area contributed by atoms with Crippen molar-refractivity contribution >= 4 is 22.5 Å². The largest absolute Gasteiger partial charge is 0.480 e. The Morgan fingerprint density at radius 1 is 1.16 bits per heavy atom. The van der Waals surface area contributed by atoms with Crippen LogP contribution in [-0.4, -0.2) is 37.5 Å². The molecule has 1 aliphatic rings. The lowest BCUT2D eigenvalue weighted by Gasteiger charge is -2.20. The van der Waals surface area contributed by atoms with Crippen LogP contribution in [-0.2, 0) is 13.0 Å². The molecule has 8 nitrogen and oxygen atoms in total. The molecule has 1 N–H and O–H groups in total. The monoisotopic (exact) mass is 529 g/mol. The van der Waals surface area contributed by atoms with E-state index in [9.17, 15) is 22.8 Å². The summed E-state index contributed by atoms with van der Waals surface area (Å²) in [7, 11) is 0. The van der Waals surface area contributed by atoms with Crippen LogP contribution in [0.5, 0.6) is 5.75 Å². The number of nitrogens with zero attached hydrogens (tertiary/aromatic N) is 4. The molecular weight excluding hydrogens is 506 g/mol. The summed E-state index contributed by atoms with van der Waals surface area (Å²) in [5.74, 6) is -2.01. The number of fused-ring (bicyclic) bond motifs is 2. The highest BCUT2D eigenvalue weighted by atomic mass is 19.4. The van der Waals surface area contributed by atoms with E-state index in [2.05, 4.69) is 15.4 Å². The maximum Gasteiger partial charge on any atom is 0.425 e. The van der Waals surface area contributed by atoms with Crippen molar-refractivity contribution in [1.29, 1.82) is 0 Å². The number of aromatic nitrogens is 4. The van der Waals surface area contributed by atoms with Gasteiger partial charge in [-0.1, -0.05) is 6.07 Å². The lowest BCUT2D eigenvalue weighted by molar-refractivity contribution is -0.189. The van der Waals surface area contributed by atoms with Crippen LogP contribution in [0.2, 0.25) is 0 Å². The number of halogens is 4. The topological polar surface area (TPSA) is 91.0 Å². The Hall–Kier alpha value is -4.22. The van der Waals surface area contributed by atoms with Gasteiger partial charge in [-0.05, 0) is 57.0 Å². The molecule has 0 aliphatic carbocycles. The summed E-state index contributed by atoms with van der Waals surface area (Å²) in [6.07, 6.45) is -5.01. The summed E-state index contributed by atoms with van der Waals surface area (Å²) in [6, 6.07) is 10.1. The van der Waals surface area contributed by atoms with Crippen LogP contribution in [0.4, 0.5) is 23.2 Å². The average molecular weight is 529 g/mol. The molecular formula is C26H23F4N5O3. The van der Waals surface area contributed by atoms with Crippen LogP contribution in [0.15, 0.2) is 47.3 Å². The number of hydrogen-bond donors (Lipinski definition) is 1. The molecule has 1 amide bonds. The van der Waals surface area contributed by atoms with Crippen molar-refractivity contribution in [3.05, 3.63) is 75.8 Å². The van der Waals surface area contributed by atoms with Gasteiger partial charge in [0.25, 0.3) is 5.91 Å². The Labute approximate surface area is 213 Å². The first-order valence-corrected chi connectivity index (χ1v) is 12.0. The van der Waals surface area contributed by atoms with Crippen molar-refractivity contribution in [2.45, 2.75) is 51.9 Å². The molecule has 0 bridgehead atoms. The summed E-state index contributed by atoms with van der Waals surface area (Å²) in [4.78, 5) is 30.5. The second kappa shape index (κ2) is 9.58. The highest BCUT2D eigenvalue weighted by molar-refractivity contribution is 6.10. The number of nitrogens with one attached hydrogen (secondary N) is 1. The van der Waals surface area contributed by atoms with E-state index in [0.29, 0.717) is 35.4 Å². The Balaban J connectivity index is 1.58. The molecule has 0 radical (unpaired) electrons. The number of rotatable bonds is 5. The number of amides is 1.